The second-order valence-corrected chi connectivity index (χ2v) is 5.26. The van der Waals surface area contributed by atoms with Gasteiger partial charge in [-0.15, -0.1) is 0 Å². The molecule has 0 spiro atoms. The molecule has 3 aromatic rings. The largest absolute Gasteiger partial charge is 0.497 e. The maximum atomic E-state index is 11.9. The third-order valence-corrected chi connectivity index (χ3v) is 3.93. The van der Waals surface area contributed by atoms with E-state index in [0.29, 0.717) is 5.75 Å². The molecule has 1 N–H and O–H groups in total. The molecule has 0 aliphatic carbocycles. The molecule has 0 radical (unpaired) electrons. The summed E-state index contributed by atoms with van der Waals surface area (Å²) in [5, 5.41) is 10.7. The van der Waals surface area contributed by atoms with Gasteiger partial charge in [-0.05, 0) is 29.3 Å². The van der Waals surface area contributed by atoms with Crippen LogP contribution in [0.4, 0.5) is 0 Å². The fourth-order valence-corrected chi connectivity index (χ4v) is 2.85. The van der Waals surface area contributed by atoms with Gasteiger partial charge in [0, 0.05) is 24.1 Å². The first kappa shape index (κ1) is 14.2. The molecule has 0 saturated carbocycles. The minimum Gasteiger partial charge on any atom is -0.497 e. The number of aromatic nitrogens is 1. The standard InChI is InChI=1S/C18H17NO3/c1-19-11-15(14-5-3-4-6-16(14)19)17(18(20)21)12-7-9-13(22-2)10-8-12/h3-11,17H,1-2H3,(H,20,21). The molecule has 0 aliphatic rings. The molecular weight excluding hydrogens is 278 g/mol. The van der Waals surface area contributed by atoms with Crippen LogP contribution in [-0.4, -0.2) is 22.8 Å². The Balaban J connectivity index is 2.16. The lowest BCUT2D eigenvalue weighted by Gasteiger charge is -2.13. The number of rotatable bonds is 4. The SMILES string of the molecule is COc1ccc(C(C(=O)O)c2cn(C)c3ccccc23)cc1. The van der Waals surface area contributed by atoms with Gasteiger partial charge in [-0.2, -0.15) is 0 Å². The molecule has 4 nitrogen and oxygen atoms in total. The summed E-state index contributed by atoms with van der Waals surface area (Å²) >= 11 is 0. The predicted molar refractivity (Wildman–Crippen MR) is 85.4 cm³/mol. The van der Waals surface area contributed by atoms with Crippen LogP contribution in [0.2, 0.25) is 0 Å². The quantitative estimate of drug-likeness (QED) is 0.802. The Labute approximate surface area is 128 Å². The zero-order valence-corrected chi connectivity index (χ0v) is 12.5. The Bertz CT molecular complexity index is 818. The molecule has 22 heavy (non-hydrogen) atoms. The van der Waals surface area contributed by atoms with Gasteiger partial charge in [0.25, 0.3) is 0 Å². The fourth-order valence-electron chi connectivity index (χ4n) is 2.85. The average molecular weight is 295 g/mol. The summed E-state index contributed by atoms with van der Waals surface area (Å²) in [6, 6.07) is 15.0. The Kier molecular flexibility index (Phi) is 3.59. The Morgan fingerprint density at radius 2 is 1.82 bits per heavy atom. The van der Waals surface area contributed by atoms with Gasteiger partial charge < -0.3 is 14.4 Å². The number of carbonyl (C=O) groups is 1. The van der Waals surface area contributed by atoms with Gasteiger partial charge in [-0.25, -0.2) is 0 Å². The summed E-state index contributed by atoms with van der Waals surface area (Å²) in [7, 11) is 3.52. The number of ether oxygens (including phenoxy) is 1. The van der Waals surface area contributed by atoms with Crippen LogP contribution in [0.1, 0.15) is 17.0 Å². The number of para-hydroxylation sites is 1. The summed E-state index contributed by atoms with van der Waals surface area (Å²) in [4.78, 5) is 11.9. The monoisotopic (exact) mass is 295 g/mol. The molecule has 1 heterocycles. The van der Waals surface area contributed by atoms with Crippen molar-refractivity contribution in [1.29, 1.82) is 0 Å². The van der Waals surface area contributed by atoms with Crippen molar-refractivity contribution < 1.29 is 14.6 Å². The topological polar surface area (TPSA) is 51.5 Å². The zero-order valence-electron chi connectivity index (χ0n) is 12.5. The molecule has 1 atom stereocenters. The van der Waals surface area contributed by atoms with E-state index >= 15 is 0 Å². The fraction of sp³-hybridized carbons (Fsp3) is 0.167. The van der Waals surface area contributed by atoms with Gasteiger partial charge in [-0.1, -0.05) is 30.3 Å². The lowest BCUT2D eigenvalue weighted by atomic mass is 9.91. The van der Waals surface area contributed by atoms with Gasteiger partial charge in [-0.3, -0.25) is 4.79 Å². The van der Waals surface area contributed by atoms with Crippen LogP contribution in [0, 0.1) is 0 Å². The van der Waals surface area contributed by atoms with E-state index in [4.69, 9.17) is 4.74 Å². The number of carboxylic acids is 1. The Morgan fingerprint density at radius 3 is 2.45 bits per heavy atom. The molecule has 0 bridgehead atoms. The van der Waals surface area contributed by atoms with Gasteiger partial charge in [0.05, 0.1) is 7.11 Å². The van der Waals surface area contributed by atoms with Crippen molar-refractivity contribution in [2.75, 3.05) is 7.11 Å². The third kappa shape index (κ3) is 2.33. The summed E-state index contributed by atoms with van der Waals surface area (Å²) in [5.74, 6) is -0.843. The minimum atomic E-state index is -0.860. The maximum absolute atomic E-state index is 11.9. The van der Waals surface area contributed by atoms with E-state index in [1.54, 1.807) is 31.4 Å². The highest BCUT2D eigenvalue weighted by molar-refractivity contribution is 5.91. The van der Waals surface area contributed by atoms with E-state index in [1.807, 2.05) is 42.1 Å². The summed E-state index contributed by atoms with van der Waals surface area (Å²) < 4.78 is 7.10. The van der Waals surface area contributed by atoms with Crippen LogP contribution in [0.5, 0.6) is 5.75 Å². The van der Waals surface area contributed by atoms with Crippen molar-refractivity contribution in [3.63, 3.8) is 0 Å². The number of carboxylic acid groups (broad SMARTS) is 1. The molecule has 0 saturated heterocycles. The normalized spacial score (nSPS) is 12.3. The van der Waals surface area contributed by atoms with Crippen LogP contribution in [-0.2, 0) is 11.8 Å². The molecule has 1 unspecified atom stereocenters. The molecule has 0 amide bonds. The predicted octanol–water partition coefficient (Wildman–Crippen LogP) is 3.40. The van der Waals surface area contributed by atoms with Gasteiger partial charge >= 0.3 is 5.97 Å². The minimum absolute atomic E-state index is 0.697. The second-order valence-electron chi connectivity index (χ2n) is 5.26. The molecule has 1 aromatic heterocycles. The van der Waals surface area contributed by atoms with Gasteiger partial charge in [0.15, 0.2) is 0 Å². The highest BCUT2D eigenvalue weighted by Crippen LogP contribution is 2.33. The van der Waals surface area contributed by atoms with Gasteiger partial charge in [0.1, 0.15) is 11.7 Å². The molecular formula is C18H17NO3. The lowest BCUT2D eigenvalue weighted by Crippen LogP contribution is -2.12. The molecule has 2 aromatic carbocycles. The number of fused-ring (bicyclic) bond motifs is 1. The van der Waals surface area contributed by atoms with E-state index in [9.17, 15) is 9.90 Å². The van der Waals surface area contributed by atoms with Crippen molar-refractivity contribution in [1.82, 2.24) is 4.57 Å². The molecule has 3 rings (SSSR count). The summed E-state index contributed by atoms with van der Waals surface area (Å²) in [6.45, 7) is 0. The van der Waals surface area contributed by atoms with Crippen LogP contribution in [0.15, 0.2) is 54.7 Å². The van der Waals surface area contributed by atoms with E-state index in [-0.39, 0.29) is 0 Å². The first-order valence-electron chi connectivity index (χ1n) is 7.02. The highest BCUT2D eigenvalue weighted by Gasteiger charge is 2.25. The smallest absolute Gasteiger partial charge is 0.315 e. The Hall–Kier alpha value is -2.75. The number of methoxy groups -OCH3 is 1. The molecule has 4 heteroatoms. The van der Waals surface area contributed by atoms with E-state index in [0.717, 1.165) is 22.0 Å². The van der Waals surface area contributed by atoms with Gasteiger partial charge in [0.2, 0.25) is 0 Å². The number of benzene rings is 2. The average Bonchev–Trinajstić information content (AvgIpc) is 2.85. The summed E-state index contributed by atoms with van der Waals surface area (Å²) in [6.07, 6.45) is 1.90. The number of hydrogen-bond acceptors (Lipinski definition) is 2. The zero-order chi connectivity index (χ0) is 15.7. The molecule has 0 fully saturated rings. The van der Waals surface area contributed by atoms with E-state index in [2.05, 4.69) is 0 Å². The van der Waals surface area contributed by atoms with Crippen LogP contribution < -0.4 is 4.74 Å². The maximum Gasteiger partial charge on any atom is 0.315 e. The molecule has 112 valence electrons. The number of aliphatic carboxylic acids is 1. The van der Waals surface area contributed by atoms with Crippen LogP contribution in [0.25, 0.3) is 10.9 Å². The number of aryl methyl sites for hydroxylation is 1. The second kappa shape index (κ2) is 5.56. The van der Waals surface area contributed by atoms with Crippen molar-refractivity contribution in [2.45, 2.75) is 5.92 Å². The third-order valence-electron chi connectivity index (χ3n) is 3.93. The van der Waals surface area contributed by atoms with Crippen molar-refractivity contribution >= 4 is 16.9 Å². The number of hydrogen-bond donors (Lipinski definition) is 1. The van der Waals surface area contributed by atoms with Crippen LogP contribution >= 0.6 is 0 Å². The highest BCUT2D eigenvalue weighted by atomic mass is 16.5. The van der Waals surface area contributed by atoms with Crippen LogP contribution in [0.3, 0.4) is 0 Å². The van der Waals surface area contributed by atoms with Crippen molar-refractivity contribution in [3.05, 3.63) is 65.9 Å². The summed E-state index contributed by atoms with van der Waals surface area (Å²) in [5.41, 5.74) is 2.57. The van der Waals surface area contributed by atoms with E-state index in [1.165, 1.54) is 0 Å². The first-order valence-corrected chi connectivity index (χ1v) is 7.02. The number of nitrogens with zero attached hydrogens (tertiary/aromatic N) is 1. The Morgan fingerprint density at radius 1 is 1.14 bits per heavy atom. The van der Waals surface area contributed by atoms with Crippen molar-refractivity contribution in [3.8, 4) is 5.75 Å². The lowest BCUT2D eigenvalue weighted by molar-refractivity contribution is -0.137. The molecule has 0 aliphatic heterocycles. The van der Waals surface area contributed by atoms with E-state index < -0.39 is 11.9 Å². The first-order chi connectivity index (χ1) is 10.6. The van der Waals surface area contributed by atoms with Crippen molar-refractivity contribution in [2.24, 2.45) is 7.05 Å².